The Morgan fingerprint density at radius 2 is 1.75 bits per heavy atom. The topological polar surface area (TPSA) is 65.6 Å². The van der Waals surface area contributed by atoms with E-state index in [2.05, 4.69) is 15.3 Å². The summed E-state index contributed by atoms with van der Waals surface area (Å²) >= 11 is 0. The summed E-state index contributed by atoms with van der Waals surface area (Å²) in [5, 5.41) is 11.3. The zero-order valence-corrected chi connectivity index (χ0v) is 12.5. The molecule has 3 aromatic rings. The Morgan fingerprint density at radius 3 is 2.42 bits per heavy atom. The molecular formula is C15H12F3N5O. The first-order valence-corrected chi connectivity index (χ1v) is 6.95. The first kappa shape index (κ1) is 15.9. The van der Waals surface area contributed by atoms with Crippen molar-refractivity contribution in [2.75, 3.05) is 0 Å². The smallest absolute Gasteiger partial charge is 0.313 e. The molecule has 0 atom stereocenters. The summed E-state index contributed by atoms with van der Waals surface area (Å²) < 4.78 is 40.5. The Labute approximate surface area is 134 Å². The minimum atomic E-state index is -4.62. The molecule has 0 fully saturated rings. The first-order valence-electron chi connectivity index (χ1n) is 6.95. The van der Waals surface area contributed by atoms with Gasteiger partial charge in [-0.25, -0.2) is 4.68 Å². The molecule has 0 amide bonds. The molecule has 2 aromatic heterocycles. The third-order valence-corrected chi connectivity index (χ3v) is 3.45. The molecule has 0 bridgehead atoms. The van der Waals surface area contributed by atoms with Crippen LogP contribution in [0.3, 0.4) is 0 Å². The molecule has 24 heavy (non-hydrogen) atoms. The van der Waals surface area contributed by atoms with E-state index in [4.69, 9.17) is 0 Å². The Hall–Kier alpha value is -2.97. The molecule has 0 spiro atoms. The molecule has 3 rings (SSSR count). The van der Waals surface area contributed by atoms with Crippen LogP contribution in [0.4, 0.5) is 13.2 Å². The number of hydrogen-bond donors (Lipinski definition) is 0. The van der Waals surface area contributed by atoms with Crippen LogP contribution in [0.25, 0.3) is 11.4 Å². The van der Waals surface area contributed by atoms with Crippen molar-refractivity contribution in [1.82, 2.24) is 24.5 Å². The van der Waals surface area contributed by atoms with E-state index in [9.17, 15) is 18.0 Å². The van der Waals surface area contributed by atoms with E-state index < -0.39 is 17.4 Å². The summed E-state index contributed by atoms with van der Waals surface area (Å²) in [7, 11) is 1.68. The lowest BCUT2D eigenvalue weighted by molar-refractivity contribution is -0.142. The zero-order valence-electron chi connectivity index (χ0n) is 12.5. The molecule has 6 nitrogen and oxygen atoms in total. The lowest BCUT2D eigenvalue weighted by Crippen LogP contribution is -2.27. The van der Waals surface area contributed by atoms with Gasteiger partial charge < -0.3 is 4.57 Å². The van der Waals surface area contributed by atoms with Gasteiger partial charge in [-0.05, 0) is 6.07 Å². The van der Waals surface area contributed by atoms with Gasteiger partial charge in [0.2, 0.25) is 0 Å². The second-order valence-electron chi connectivity index (χ2n) is 5.08. The van der Waals surface area contributed by atoms with Crippen LogP contribution in [0.2, 0.25) is 0 Å². The highest BCUT2D eigenvalue weighted by molar-refractivity contribution is 5.54. The van der Waals surface area contributed by atoms with Crippen molar-refractivity contribution in [1.29, 1.82) is 0 Å². The summed E-state index contributed by atoms with van der Waals surface area (Å²) in [4.78, 5) is 11.8. The summed E-state index contributed by atoms with van der Waals surface area (Å²) in [5.74, 6) is 0.869. The van der Waals surface area contributed by atoms with Crippen molar-refractivity contribution in [2.24, 2.45) is 7.05 Å². The summed E-state index contributed by atoms with van der Waals surface area (Å²) in [5.41, 5.74) is -0.970. The molecule has 2 heterocycles. The predicted molar refractivity (Wildman–Crippen MR) is 79.0 cm³/mol. The Morgan fingerprint density at radius 1 is 1.04 bits per heavy atom. The minimum Gasteiger partial charge on any atom is -0.313 e. The number of nitrogens with zero attached hydrogens (tertiary/aromatic N) is 5. The van der Waals surface area contributed by atoms with Gasteiger partial charge in [-0.3, -0.25) is 4.79 Å². The zero-order chi connectivity index (χ0) is 17.3. The van der Waals surface area contributed by atoms with Gasteiger partial charge in [0.1, 0.15) is 6.54 Å². The largest absolute Gasteiger partial charge is 0.435 e. The highest BCUT2D eigenvalue weighted by Crippen LogP contribution is 2.26. The Bertz CT molecular complexity index is 915. The maximum atomic E-state index is 12.7. The lowest BCUT2D eigenvalue weighted by Gasteiger charge is -2.09. The van der Waals surface area contributed by atoms with Gasteiger partial charge in [-0.2, -0.15) is 18.3 Å². The quantitative estimate of drug-likeness (QED) is 0.735. The second kappa shape index (κ2) is 5.91. The maximum absolute atomic E-state index is 12.7. The summed E-state index contributed by atoms with van der Waals surface area (Å²) in [6.07, 6.45) is -4.62. The highest BCUT2D eigenvalue weighted by Gasteiger charge is 2.33. The van der Waals surface area contributed by atoms with Crippen molar-refractivity contribution in [3.8, 4) is 11.4 Å². The van der Waals surface area contributed by atoms with Crippen molar-refractivity contribution in [3.63, 3.8) is 0 Å². The van der Waals surface area contributed by atoms with Crippen molar-refractivity contribution < 1.29 is 13.2 Å². The van der Waals surface area contributed by atoms with E-state index in [0.717, 1.165) is 16.3 Å². The SMILES string of the molecule is Cn1c(Cn2nc(C(F)(F)F)ccc2=O)nnc1-c1ccccc1. The lowest BCUT2D eigenvalue weighted by atomic mass is 10.2. The minimum absolute atomic E-state index is 0.209. The normalized spacial score (nSPS) is 11.7. The molecule has 0 aliphatic rings. The van der Waals surface area contributed by atoms with Crippen molar-refractivity contribution in [2.45, 2.75) is 12.7 Å². The van der Waals surface area contributed by atoms with E-state index >= 15 is 0 Å². The monoisotopic (exact) mass is 335 g/mol. The van der Waals surface area contributed by atoms with E-state index in [1.54, 1.807) is 11.6 Å². The van der Waals surface area contributed by atoms with E-state index in [1.807, 2.05) is 30.3 Å². The molecular weight excluding hydrogens is 323 g/mol. The van der Waals surface area contributed by atoms with E-state index in [0.29, 0.717) is 17.7 Å². The van der Waals surface area contributed by atoms with Crippen molar-refractivity contribution in [3.05, 3.63) is 64.3 Å². The summed E-state index contributed by atoms with van der Waals surface area (Å²) in [6.45, 7) is -0.209. The van der Waals surface area contributed by atoms with E-state index in [1.165, 1.54) is 0 Å². The fraction of sp³-hybridized carbons (Fsp3) is 0.200. The Kier molecular flexibility index (Phi) is 3.92. The van der Waals surface area contributed by atoms with Crippen LogP contribution in [0.1, 0.15) is 11.5 Å². The van der Waals surface area contributed by atoms with Crippen LogP contribution in [0.15, 0.2) is 47.3 Å². The fourth-order valence-corrected chi connectivity index (χ4v) is 2.19. The number of alkyl halides is 3. The number of hydrogen-bond acceptors (Lipinski definition) is 4. The Balaban J connectivity index is 1.96. The van der Waals surface area contributed by atoms with Crippen molar-refractivity contribution >= 4 is 0 Å². The predicted octanol–water partition coefficient (Wildman–Crippen LogP) is 2.11. The van der Waals surface area contributed by atoms with Crippen LogP contribution >= 0.6 is 0 Å². The van der Waals surface area contributed by atoms with Gasteiger partial charge in [0.05, 0.1) is 0 Å². The molecule has 1 aromatic carbocycles. The van der Waals surface area contributed by atoms with Gasteiger partial charge in [-0.1, -0.05) is 30.3 Å². The average Bonchev–Trinajstić information content (AvgIpc) is 2.90. The molecule has 0 saturated carbocycles. The van der Waals surface area contributed by atoms with Crippen LogP contribution in [-0.2, 0) is 19.8 Å². The average molecular weight is 335 g/mol. The molecule has 124 valence electrons. The number of benzene rings is 1. The first-order chi connectivity index (χ1) is 11.4. The number of halogens is 3. The molecule has 9 heteroatoms. The second-order valence-corrected chi connectivity index (χ2v) is 5.08. The third kappa shape index (κ3) is 3.05. The molecule has 0 aliphatic heterocycles. The molecule has 0 radical (unpaired) electrons. The molecule has 0 saturated heterocycles. The molecule has 0 aliphatic carbocycles. The van der Waals surface area contributed by atoms with Gasteiger partial charge in [0.15, 0.2) is 17.3 Å². The van der Waals surface area contributed by atoms with Gasteiger partial charge in [0, 0.05) is 18.7 Å². The molecule has 0 unspecified atom stereocenters. The van der Waals surface area contributed by atoms with Gasteiger partial charge >= 0.3 is 6.18 Å². The highest BCUT2D eigenvalue weighted by atomic mass is 19.4. The molecule has 0 N–H and O–H groups in total. The third-order valence-electron chi connectivity index (χ3n) is 3.45. The van der Waals surface area contributed by atoms with Gasteiger partial charge in [-0.15, -0.1) is 10.2 Å². The van der Waals surface area contributed by atoms with Crippen LogP contribution < -0.4 is 5.56 Å². The van der Waals surface area contributed by atoms with Crippen LogP contribution in [0, 0.1) is 0 Å². The van der Waals surface area contributed by atoms with Gasteiger partial charge in [0.25, 0.3) is 5.56 Å². The fourth-order valence-electron chi connectivity index (χ4n) is 2.19. The van der Waals surface area contributed by atoms with Crippen LogP contribution in [0.5, 0.6) is 0 Å². The standard InChI is InChI=1S/C15H12F3N5O/c1-22-12(19-20-14(22)10-5-3-2-4-6-10)9-23-13(24)8-7-11(21-23)15(16,17)18/h2-8H,9H2,1H3. The van der Waals surface area contributed by atoms with E-state index in [-0.39, 0.29) is 6.54 Å². The summed E-state index contributed by atoms with van der Waals surface area (Å²) in [6, 6.07) is 10.7. The maximum Gasteiger partial charge on any atom is 0.435 e. The number of aromatic nitrogens is 5. The van der Waals surface area contributed by atoms with Crippen LogP contribution in [-0.4, -0.2) is 24.5 Å². The number of rotatable bonds is 3.